The maximum absolute atomic E-state index is 6.02. The number of hydrogen-bond acceptors (Lipinski definition) is 0. The zero-order valence-electron chi connectivity index (χ0n) is 9.52. The second kappa shape index (κ2) is 3.94. The molecule has 0 saturated heterocycles. The van der Waals surface area contributed by atoms with Crippen molar-refractivity contribution in [2.24, 2.45) is 0 Å². The Balaban J connectivity index is 2.20. The van der Waals surface area contributed by atoms with Gasteiger partial charge in [-0.05, 0) is 48.4 Å². The van der Waals surface area contributed by atoms with E-state index in [0.29, 0.717) is 0 Å². The third-order valence-corrected chi connectivity index (χ3v) is 3.25. The predicted molar refractivity (Wildman–Crippen MR) is 72.6 cm³/mol. The van der Waals surface area contributed by atoms with Crippen molar-refractivity contribution in [3.05, 3.63) is 65.4 Å². The van der Waals surface area contributed by atoms with Crippen molar-refractivity contribution in [2.45, 2.75) is 6.92 Å². The van der Waals surface area contributed by atoms with E-state index in [1.54, 1.807) is 0 Å². The summed E-state index contributed by atoms with van der Waals surface area (Å²) in [6.45, 7) is 2.11. The van der Waals surface area contributed by atoms with Gasteiger partial charge in [0, 0.05) is 22.4 Å². The molecule has 0 aliphatic heterocycles. The van der Waals surface area contributed by atoms with Gasteiger partial charge in [0.05, 0.1) is 0 Å². The first-order valence-electron chi connectivity index (χ1n) is 5.58. The maximum Gasteiger partial charge on any atom is 0.0453 e. The smallest absolute Gasteiger partial charge is 0.0453 e. The number of pyridine rings is 1. The molecule has 0 N–H and O–H groups in total. The van der Waals surface area contributed by atoms with Crippen molar-refractivity contribution >= 4 is 17.1 Å². The van der Waals surface area contributed by atoms with E-state index in [0.717, 1.165) is 10.6 Å². The normalized spacial score (nSPS) is 10.9. The molecule has 0 aliphatic carbocycles. The summed E-state index contributed by atoms with van der Waals surface area (Å²) in [5, 5.41) is 0.770. The van der Waals surface area contributed by atoms with Crippen molar-refractivity contribution in [3.63, 3.8) is 0 Å². The molecule has 0 radical (unpaired) electrons. The molecule has 0 aliphatic rings. The van der Waals surface area contributed by atoms with Crippen molar-refractivity contribution in [2.75, 3.05) is 0 Å². The predicted octanol–water partition coefficient (Wildman–Crippen LogP) is 4.57. The standard InChI is InChI=1S/C15H12ClN/c1-11-5-7-15-8-6-13(10-17(11)15)12-3-2-4-14(16)9-12/h2-10H,1H3. The van der Waals surface area contributed by atoms with Crippen LogP contribution in [-0.2, 0) is 0 Å². The zero-order chi connectivity index (χ0) is 11.8. The molecule has 0 atom stereocenters. The summed E-state index contributed by atoms with van der Waals surface area (Å²) in [6, 6.07) is 16.4. The Hall–Kier alpha value is -1.73. The van der Waals surface area contributed by atoms with Gasteiger partial charge in [-0.25, -0.2) is 0 Å². The number of aryl methyl sites for hydroxylation is 1. The summed E-state index contributed by atoms with van der Waals surface area (Å²) in [5.74, 6) is 0. The van der Waals surface area contributed by atoms with E-state index in [1.165, 1.54) is 16.8 Å². The lowest BCUT2D eigenvalue weighted by Gasteiger charge is -2.05. The monoisotopic (exact) mass is 241 g/mol. The fourth-order valence-corrected chi connectivity index (χ4v) is 2.27. The summed E-state index contributed by atoms with van der Waals surface area (Å²) in [4.78, 5) is 0. The molecule has 84 valence electrons. The van der Waals surface area contributed by atoms with Gasteiger partial charge < -0.3 is 4.40 Å². The summed E-state index contributed by atoms with van der Waals surface area (Å²) in [7, 11) is 0. The topological polar surface area (TPSA) is 4.41 Å². The van der Waals surface area contributed by atoms with Crippen LogP contribution >= 0.6 is 11.6 Å². The second-order valence-electron chi connectivity index (χ2n) is 4.20. The highest BCUT2D eigenvalue weighted by Crippen LogP contribution is 2.24. The third-order valence-electron chi connectivity index (χ3n) is 3.01. The van der Waals surface area contributed by atoms with E-state index < -0.39 is 0 Å². The van der Waals surface area contributed by atoms with Gasteiger partial charge in [-0.15, -0.1) is 0 Å². The first-order chi connectivity index (χ1) is 8.24. The van der Waals surface area contributed by atoms with Gasteiger partial charge in [-0.3, -0.25) is 0 Å². The molecule has 2 heterocycles. The first-order valence-corrected chi connectivity index (χ1v) is 5.95. The number of hydrogen-bond donors (Lipinski definition) is 0. The summed E-state index contributed by atoms with van der Waals surface area (Å²) >= 11 is 6.02. The van der Waals surface area contributed by atoms with Crippen LogP contribution in [0.2, 0.25) is 5.02 Å². The zero-order valence-corrected chi connectivity index (χ0v) is 10.3. The van der Waals surface area contributed by atoms with Crippen LogP contribution in [0.3, 0.4) is 0 Å². The Labute approximate surface area is 105 Å². The van der Waals surface area contributed by atoms with Crippen LogP contribution in [0.25, 0.3) is 16.6 Å². The Morgan fingerprint density at radius 2 is 1.76 bits per heavy atom. The average molecular weight is 242 g/mol. The van der Waals surface area contributed by atoms with Crippen LogP contribution < -0.4 is 0 Å². The van der Waals surface area contributed by atoms with E-state index in [9.17, 15) is 0 Å². The molecular formula is C15H12ClN. The molecule has 0 fully saturated rings. The van der Waals surface area contributed by atoms with Gasteiger partial charge in [0.15, 0.2) is 0 Å². The highest BCUT2D eigenvalue weighted by molar-refractivity contribution is 6.30. The van der Waals surface area contributed by atoms with E-state index in [-0.39, 0.29) is 0 Å². The Morgan fingerprint density at radius 3 is 2.59 bits per heavy atom. The molecule has 0 spiro atoms. The average Bonchev–Trinajstić information content (AvgIpc) is 2.71. The van der Waals surface area contributed by atoms with Crippen LogP contribution in [0, 0.1) is 6.92 Å². The maximum atomic E-state index is 6.02. The third kappa shape index (κ3) is 1.83. The fraction of sp³-hybridized carbons (Fsp3) is 0.0667. The summed E-state index contributed by atoms with van der Waals surface area (Å²) < 4.78 is 2.19. The molecule has 3 aromatic rings. The molecular weight excluding hydrogens is 230 g/mol. The van der Waals surface area contributed by atoms with Gasteiger partial charge in [0.2, 0.25) is 0 Å². The van der Waals surface area contributed by atoms with Crippen molar-refractivity contribution in [1.82, 2.24) is 4.40 Å². The molecule has 17 heavy (non-hydrogen) atoms. The highest BCUT2D eigenvalue weighted by atomic mass is 35.5. The van der Waals surface area contributed by atoms with Gasteiger partial charge in [-0.2, -0.15) is 0 Å². The Kier molecular flexibility index (Phi) is 2.41. The van der Waals surface area contributed by atoms with Gasteiger partial charge in [0.1, 0.15) is 0 Å². The lowest BCUT2D eigenvalue weighted by molar-refractivity contribution is 1.11. The van der Waals surface area contributed by atoms with Gasteiger partial charge in [0.25, 0.3) is 0 Å². The minimum atomic E-state index is 0.770. The molecule has 0 saturated carbocycles. The van der Waals surface area contributed by atoms with Crippen LogP contribution in [0.5, 0.6) is 0 Å². The molecule has 2 heteroatoms. The number of aromatic nitrogens is 1. The molecule has 1 aromatic carbocycles. The van der Waals surface area contributed by atoms with Crippen LogP contribution in [0.15, 0.2) is 54.7 Å². The Bertz CT molecular complexity index is 682. The van der Waals surface area contributed by atoms with Crippen molar-refractivity contribution in [1.29, 1.82) is 0 Å². The molecule has 2 aromatic heterocycles. The number of rotatable bonds is 1. The van der Waals surface area contributed by atoms with Crippen molar-refractivity contribution < 1.29 is 0 Å². The second-order valence-corrected chi connectivity index (χ2v) is 4.63. The fourth-order valence-electron chi connectivity index (χ4n) is 2.08. The molecule has 3 rings (SSSR count). The van der Waals surface area contributed by atoms with Gasteiger partial charge in [-0.1, -0.05) is 29.8 Å². The molecule has 0 amide bonds. The summed E-state index contributed by atoms with van der Waals surface area (Å²) in [6.07, 6.45) is 2.15. The van der Waals surface area contributed by atoms with E-state index >= 15 is 0 Å². The largest absolute Gasteiger partial charge is 0.321 e. The van der Waals surface area contributed by atoms with E-state index in [4.69, 9.17) is 11.6 Å². The lowest BCUT2D eigenvalue weighted by atomic mass is 10.1. The molecule has 0 unspecified atom stereocenters. The molecule has 1 nitrogen and oxygen atoms in total. The minimum absolute atomic E-state index is 0.770. The number of nitrogens with zero attached hydrogens (tertiary/aromatic N) is 1. The Morgan fingerprint density at radius 1 is 0.941 bits per heavy atom. The number of benzene rings is 1. The number of halogens is 1. The number of fused-ring (bicyclic) bond motifs is 1. The van der Waals surface area contributed by atoms with Crippen LogP contribution in [0.4, 0.5) is 0 Å². The summed E-state index contributed by atoms with van der Waals surface area (Å²) in [5.41, 5.74) is 4.78. The van der Waals surface area contributed by atoms with Crippen LogP contribution in [-0.4, -0.2) is 4.40 Å². The highest BCUT2D eigenvalue weighted by Gasteiger charge is 2.01. The SMILES string of the molecule is Cc1ccc2ccc(-c3cccc(Cl)c3)cn12. The molecule has 0 bridgehead atoms. The van der Waals surface area contributed by atoms with Crippen LogP contribution in [0.1, 0.15) is 5.69 Å². The quantitative estimate of drug-likeness (QED) is 0.588. The lowest BCUT2D eigenvalue weighted by Crippen LogP contribution is -1.88. The van der Waals surface area contributed by atoms with Crippen molar-refractivity contribution in [3.8, 4) is 11.1 Å². The van der Waals surface area contributed by atoms with Gasteiger partial charge >= 0.3 is 0 Å². The first kappa shape index (κ1) is 10.4. The minimum Gasteiger partial charge on any atom is -0.321 e. The van der Waals surface area contributed by atoms with E-state index in [1.807, 2.05) is 18.2 Å². The van der Waals surface area contributed by atoms with E-state index in [2.05, 4.69) is 47.9 Å².